The normalized spacial score (nSPS) is 17.5. The lowest BCUT2D eigenvalue weighted by molar-refractivity contribution is 0.104. The van der Waals surface area contributed by atoms with Gasteiger partial charge in [-0.2, -0.15) is 0 Å². The predicted molar refractivity (Wildman–Crippen MR) is 100 cm³/mol. The number of rotatable bonds is 3. The molecule has 2 aromatic carbocycles. The van der Waals surface area contributed by atoms with E-state index in [1.165, 1.54) is 11.1 Å². The van der Waals surface area contributed by atoms with Crippen LogP contribution in [0.25, 0.3) is 5.70 Å². The van der Waals surface area contributed by atoms with Gasteiger partial charge in [-0.3, -0.25) is 4.79 Å². The highest BCUT2D eigenvalue weighted by molar-refractivity contribution is 6.08. The number of hydrogen-bond acceptors (Lipinski definition) is 2. The second-order valence-electron chi connectivity index (χ2n) is 7.55. The second-order valence-corrected chi connectivity index (χ2v) is 7.55. The quantitative estimate of drug-likeness (QED) is 0.640. The zero-order valence-electron chi connectivity index (χ0n) is 14.9. The van der Waals surface area contributed by atoms with Crippen molar-refractivity contribution in [1.29, 1.82) is 0 Å². The number of carbonyl (C=O) groups excluding carboxylic acids is 1. The predicted octanol–water partition coefficient (Wildman–Crippen LogP) is 4.96. The number of carbonyl (C=O) groups is 1. The van der Waals surface area contributed by atoms with Crippen LogP contribution in [0.3, 0.4) is 0 Å². The summed E-state index contributed by atoms with van der Waals surface area (Å²) in [6, 6.07) is 16.1. The van der Waals surface area contributed by atoms with Crippen LogP contribution in [0.4, 0.5) is 0 Å². The Bertz CT molecular complexity index is 785. The van der Waals surface area contributed by atoms with Gasteiger partial charge in [-0.05, 0) is 43.4 Å². The van der Waals surface area contributed by atoms with E-state index in [1.54, 1.807) is 6.08 Å². The van der Waals surface area contributed by atoms with Gasteiger partial charge in [-0.1, -0.05) is 56.3 Å². The lowest BCUT2D eigenvalue weighted by atomic mass is 9.83. The van der Waals surface area contributed by atoms with Crippen LogP contribution < -0.4 is 5.32 Å². The van der Waals surface area contributed by atoms with E-state index < -0.39 is 0 Å². The Balaban J connectivity index is 2.06. The fourth-order valence-corrected chi connectivity index (χ4v) is 3.24. The van der Waals surface area contributed by atoms with Crippen molar-refractivity contribution < 1.29 is 4.79 Å². The maximum atomic E-state index is 12.6. The molecule has 1 aliphatic heterocycles. The number of hydrogen-bond donors (Lipinski definition) is 1. The molecule has 0 aromatic heterocycles. The van der Waals surface area contributed by atoms with Crippen molar-refractivity contribution in [3.63, 3.8) is 0 Å². The average molecular weight is 319 g/mol. The zero-order valence-corrected chi connectivity index (χ0v) is 14.9. The summed E-state index contributed by atoms with van der Waals surface area (Å²) < 4.78 is 0. The fourth-order valence-electron chi connectivity index (χ4n) is 3.24. The zero-order chi connectivity index (χ0) is 17.3. The van der Waals surface area contributed by atoms with Gasteiger partial charge in [0.2, 0.25) is 0 Å². The van der Waals surface area contributed by atoms with Gasteiger partial charge in [-0.15, -0.1) is 0 Å². The summed E-state index contributed by atoms with van der Waals surface area (Å²) in [4.78, 5) is 12.6. The molecule has 0 aliphatic carbocycles. The summed E-state index contributed by atoms with van der Waals surface area (Å²) in [6.07, 6.45) is 2.71. The highest BCUT2D eigenvalue weighted by Gasteiger charge is 2.28. The topological polar surface area (TPSA) is 29.1 Å². The molecule has 0 bridgehead atoms. The van der Waals surface area contributed by atoms with Crippen LogP contribution in [0.5, 0.6) is 0 Å². The van der Waals surface area contributed by atoms with E-state index in [4.69, 9.17) is 0 Å². The van der Waals surface area contributed by atoms with E-state index in [9.17, 15) is 4.79 Å². The molecular formula is C22H25NO. The number of benzene rings is 2. The van der Waals surface area contributed by atoms with Gasteiger partial charge in [0.15, 0.2) is 5.78 Å². The Hall–Kier alpha value is -2.35. The molecule has 1 heterocycles. The van der Waals surface area contributed by atoms with Crippen LogP contribution in [0.1, 0.15) is 60.7 Å². The summed E-state index contributed by atoms with van der Waals surface area (Å²) in [5.74, 6) is 0.507. The molecule has 0 unspecified atom stereocenters. The molecule has 2 nitrogen and oxygen atoms in total. The largest absolute Gasteiger partial charge is 0.379 e. The smallest absolute Gasteiger partial charge is 0.187 e. The Morgan fingerprint density at radius 3 is 2.50 bits per heavy atom. The summed E-state index contributed by atoms with van der Waals surface area (Å²) in [7, 11) is 0. The van der Waals surface area contributed by atoms with Gasteiger partial charge in [-0.25, -0.2) is 0 Å². The third-order valence-electron chi connectivity index (χ3n) is 4.53. The number of allylic oxidation sites excluding steroid dienone is 1. The number of fused-ring (bicyclic) bond motifs is 1. The van der Waals surface area contributed by atoms with E-state index in [1.807, 2.05) is 30.3 Å². The first-order valence-electron chi connectivity index (χ1n) is 8.58. The van der Waals surface area contributed by atoms with Crippen molar-refractivity contribution >= 4 is 11.5 Å². The first-order valence-corrected chi connectivity index (χ1v) is 8.58. The molecule has 124 valence electrons. The second kappa shape index (κ2) is 6.27. The standard InChI is InChI=1S/C22H25NO/c1-15(2)17-10-11-18-14-22(3,4)23-20(19(18)12-17)13-21(24)16-8-6-5-7-9-16/h5-13,15,23H,14H2,1-4H3/b20-13-. The van der Waals surface area contributed by atoms with Crippen LogP contribution >= 0.6 is 0 Å². The van der Waals surface area contributed by atoms with Crippen LogP contribution in [0, 0.1) is 0 Å². The molecule has 3 rings (SSSR count). The van der Waals surface area contributed by atoms with Crippen molar-refractivity contribution in [1.82, 2.24) is 5.32 Å². The van der Waals surface area contributed by atoms with Gasteiger partial charge >= 0.3 is 0 Å². The minimum atomic E-state index is -0.0604. The average Bonchev–Trinajstić information content (AvgIpc) is 2.54. The van der Waals surface area contributed by atoms with Crippen LogP contribution in [-0.2, 0) is 6.42 Å². The van der Waals surface area contributed by atoms with E-state index in [-0.39, 0.29) is 11.3 Å². The molecule has 0 atom stereocenters. The molecule has 24 heavy (non-hydrogen) atoms. The molecule has 0 spiro atoms. The Kier molecular flexibility index (Phi) is 4.31. The minimum Gasteiger partial charge on any atom is -0.379 e. The molecule has 0 fully saturated rings. The van der Waals surface area contributed by atoms with E-state index in [2.05, 4.69) is 51.2 Å². The Morgan fingerprint density at radius 1 is 1.12 bits per heavy atom. The molecule has 0 amide bonds. The van der Waals surface area contributed by atoms with E-state index in [0.29, 0.717) is 5.92 Å². The van der Waals surface area contributed by atoms with Crippen LogP contribution in [0.2, 0.25) is 0 Å². The van der Waals surface area contributed by atoms with Crippen molar-refractivity contribution in [2.24, 2.45) is 0 Å². The van der Waals surface area contributed by atoms with Gasteiger partial charge in [0.25, 0.3) is 0 Å². The SMILES string of the molecule is CC(C)c1ccc2c(c1)/C(=C/C(=O)c1ccccc1)NC(C)(C)C2. The fraction of sp³-hybridized carbons (Fsp3) is 0.318. The highest BCUT2D eigenvalue weighted by Crippen LogP contribution is 2.32. The molecule has 0 saturated heterocycles. The molecule has 2 aromatic rings. The van der Waals surface area contributed by atoms with Gasteiger partial charge < -0.3 is 5.32 Å². The molecule has 1 N–H and O–H groups in total. The summed E-state index contributed by atoms with van der Waals surface area (Å²) in [5, 5.41) is 3.56. The number of ketones is 1. The minimum absolute atomic E-state index is 0.0386. The summed E-state index contributed by atoms with van der Waals surface area (Å²) >= 11 is 0. The maximum absolute atomic E-state index is 12.6. The van der Waals surface area contributed by atoms with E-state index >= 15 is 0 Å². The maximum Gasteiger partial charge on any atom is 0.187 e. The molecule has 1 aliphatic rings. The van der Waals surface area contributed by atoms with Crippen molar-refractivity contribution in [2.45, 2.75) is 45.6 Å². The van der Waals surface area contributed by atoms with Gasteiger partial charge in [0.1, 0.15) is 0 Å². The Morgan fingerprint density at radius 2 is 1.83 bits per heavy atom. The van der Waals surface area contributed by atoms with Crippen molar-refractivity contribution in [2.75, 3.05) is 0 Å². The summed E-state index contributed by atoms with van der Waals surface area (Å²) in [6.45, 7) is 8.74. The van der Waals surface area contributed by atoms with Crippen molar-refractivity contribution in [3.05, 3.63) is 76.9 Å². The molecule has 2 heteroatoms. The van der Waals surface area contributed by atoms with Gasteiger partial charge in [0.05, 0.1) is 0 Å². The lowest BCUT2D eigenvalue weighted by Crippen LogP contribution is -2.43. The van der Waals surface area contributed by atoms with Crippen molar-refractivity contribution in [3.8, 4) is 0 Å². The van der Waals surface area contributed by atoms with E-state index in [0.717, 1.165) is 23.2 Å². The Labute approximate surface area is 144 Å². The molecule has 0 saturated carbocycles. The molecule has 0 radical (unpaired) electrons. The van der Waals surface area contributed by atoms with Crippen LogP contribution in [0.15, 0.2) is 54.6 Å². The lowest BCUT2D eigenvalue weighted by Gasteiger charge is -2.36. The summed E-state index contributed by atoms with van der Waals surface area (Å²) in [5.41, 5.74) is 5.34. The molecular weight excluding hydrogens is 294 g/mol. The number of nitrogens with one attached hydrogen (secondary N) is 1. The van der Waals surface area contributed by atoms with Crippen LogP contribution in [-0.4, -0.2) is 11.3 Å². The first kappa shape index (κ1) is 16.5. The third-order valence-corrected chi connectivity index (χ3v) is 4.53. The third kappa shape index (κ3) is 3.43. The monoisotopic (exact) mass is 319 g/mol. The van der Waals surface area contributed by atoms with Gasteiger partial charge in [0, 0.05) is 28.4 Å². The highest BCUT2D eigenvalue weighted by atomic mass is 16.1. The first-order chi connectivity index (χ1) is 11.4.